The molecule has 6 nitrogen and oxygen atoms in total. The van der Waals surface area contributed by atoms with Crippen molar-refractivity contribution in [1.29, 1.82) is 0 Å². The molecule has 0 radical (unpaired) electrons. The molecule has 0 bridgehead atoms. The van der Waals surface area contributed by atoms with Gasteiger partial charge in [-0.1, -0.05) is 6.07 Å². The first-order chi connectivity index (χ1) is 10.1. The highest BCUT2D eigenvalue weighted by Gasteiger charge is 2.44. The molecule has 2 rings (SSSR count). The van der Waals surface area contributed by atoms with E-state index < -0.39 is 28.1 Å². The van der Waals surface area contributed by atoms with E-state index >= 15 is 0 Å². The molecular formula is C15H21NO5S. The average molecular weight is 327 g/mol. The zero-order chi connectivity index (χ0) is 16.8. The van der Waals surface area contributed by atoms with Gasteiger partial charge in [0.25, 0.3) is 0 Å². The van der Waals surface area contributed by atoms with Gasteiger partial charge in [0, 0.05) is 13.0 Å². The summed E-state index contributed by atoms with van der Waals surface area (Å²) in [6, 6.07) is 0.691. The number of rotatable bonds is 3. The molecule has 1 saturated heterocycles. The molecule has 122 valence electrons. The third-order valence-corrected chi connectivity index (χ3v) is 6.53. The van der Waals surface area contributed by atoms with Crippen LogP contribution in [0.5, 0.6) is 0 Å². The Kier molecular flexibility index (Phi) is 4.34. The van der Waals surface area contributed by atoms with Gasteiger partial charge in [0.05, 0.1) is 11.0 Å². The molecule has 2 atom stereocenters. The molecule has 0 spiro atoms. The number of aliphatic hydroxyl groups is 1. The first kappa shape index (κ1) is 16.9. The van der Waals surface area contributed by atoms with Crippen LogP contribution in [0.4, 0.5) is 0 Å². The number of aryl methyl sites for hydroxylation is 2. The smallest absolute Gasteiger partial charge is 0.322 e. The summed E-state index contributed by atoms with van der Waals surface area (Å²) in [5, 5.41) is 18.9. The van der Waals surface area contributed by atoms with Crippen LogP contribution in [0, 0.1) is 27.7 Å². The molecule has 1 aromatic rings. The van der Waals surface area contributed by atoms with E-state index in [9.17, 15) is 23.4 Å². The van der Waals surface area contributed by atoms with Crippen molar-refractivity contribution in [2.75, 3.05) is 6.54 Å². The fraction of sp³-hybridized carbons (Fsp3) is 0.533. The van der Waals surface area contributed by atoms with Crippen molar-refractivity contribution < 1.29 is 23.4 Å². The Morgan fingerprint density at radius 2 is 1.68 bits per heavy atom. The first-order valence-corrected chi connectivity index (χ1v) is 8.51. The van der Waals surface area contributed by atoms with Gasteiger partial charge in [-0.3, -0.25) is 4.79 Å². The lowest BCUT2D eigenvalue weighted by atomic mass is 10.0. The summed E-state index contributed by atoms with van der Waals surface area (Å²) in [6.45, 7) is 6.90. The summed E-state index contributed by atoms with van der Waals surface area (Å²) in [5.74, 6) is -1.24. The van der Waals surface area contributed by atoms with E-state index in [0.29, 0.717) is 11.1 Å². The van der Waals surface area contributed by atoms with Crippen molar-refractivity contribution >= 4 is 16.0 Å². The predicted octanol–water partition coefficient (Wildman–Crippen LogP) is 1.13. The Morgan fingerprint density at radius 1 is 1.18 bits per heavy atom. The van der Waals surface area contributed by atoms with Crippen LogP contribution >= 0.6 is 0 Å². The third-order valence-electron chi connectivity index (χ3n) is 4.38. The second-order valence-corrected chi connectivity index (χ2v) is 7.74. The highest BCUT2D eigenvalue weighted by atomic mass is 32.2. The van der Waals surface area contributed by atoms with Gasteiger partial charge in [-0.05, 0) is 49.9 Å². The second-order valence-electron chi connectivity index (χ2n) is 5.91. The molecule has 0 amide bonds. The molecule has 0 aromatic heterocycles. The number of benzene rings is 1. The highest BCUT2D eigenvalue weighted by molar-refractivity contribution is 7.89. The van der Waals surface area contributed by atoms with Crippen molar-refractivity contribution in [1.82, 2.24) is 4.31 Å². The normalized spacial score (nSPS) is 23.0. The largest absolute Gasteiger partial charge is 0.480 e. The Morgan fingerprint density at radius 3 is 2.14 bits per heavy atom. The van der Waals surface area contributed by atoms with Gasteiger partial charge >= 0.3 is 5.97 Å². The predicted molar refractivity (Wildman–Crippen MR) is 81.3 cm³/mol. The van der Waals surface area contributed by atoms with Crippen LogP contribution in [0.25, 0.3) is 0 Å². The van der Waals surface area contributed by atoms with E-state index in [1.54, 1.807) is 13.8 Å². The van der Waals surface area contributed by atoms with E-state index in [1.807, 2.05) is 19.9 Å². The lowest BCUT2D eigenvalue weighted by Gasteiger charge is -2.24. The third kappa shape index (κ3) is 2.64. The summed E-state index contributed by atoms with van der Waals surface area (Å²) in [7, 11) is -3.98. The van der Waals surface area contributed by atoms with E-state index in [-0.39, 0.29) is 17.9 Å². The number of sulfonamides is 1. The molecule has 7 heteroatoms. The quantitative estimate of drug-likeness (QED) is 0.868. The second kappa shape index (κ2) is 5.64. The topological polar surface area (TPSA) is 94.9 Å². The molecule has 0 saturated carbocycles. The molecule has 22 heavy (non-hydrogen) atoms. The number of β-amino-alcohol motifs (C(OH)–C–C–N with tert-alkyl or cyclic N) is 1. The molecule has 1 aliphatic heterocycles. The van der Waals surface area contributed by atoms with Gasteiger partial charge in [0.1, 0.15) is 6.04 Å². The van der Waals surface area contributed by atoms with Crippen LogP contribution < -0.4 is 0 Å². The molecular weight excluding hydrogens is 306 g/mol. The van der Waals surface area contributed by atoms with Crippen molar-refractivity contribution in [3.8, 4) is 0 Å². The van der Waals surface area contributed by atoms with Gasteiger partial charge < -0.3 is 10.2 Å². The number of carboxylic acid groups (broad SMARTS) is 1. The van der Waals surface area contributed by atoms with Gasteiger partial charge in [0.2, 0.25) is 10.0 Å². The Labute approximate surface area is 130 Å². The van der Waals surface area contributed by atoms with E-state index in [1.165, 1.54) is 0 Å². The summed E-state index contributed by atoms with van der Waals surface area (Å²) in [6.07, 6.45) is -1.04. The number of aliphatic hydroxyl groups excluding tert-OH is 1. The van der Waals surface area contributed by atoms with E-state index in [4.69, 9.17) is 0 Å². The minimum Gasteiger partial charge on any atom is -0.480 e. The fourth-order valence-electron chi connectivity index (χ4n) is 2.96. The highest BCUT2D eigenvalue weighted by Crippen LogP contribution is 2.32. The minimum atomic E-state index is -3.98. The van der Waals surface area contributed by atoms with Gasteiger partial charge in [-0.2, -0.15) is 4.31 Å². The van der Waals surface area contributed by atoms with Crippen molar-refractivity contribution in [3.63, 3.8) is 0 Å². The maximum absolute atomic E-state index is 13.0. The first-order valence-electron chi connectivity index (χ1n) is 7.07. The number of hydrogen-bond acceptors (Lipinski definition) is 4. The van der Waals surface area contributed by atoms with Crippen LogP contribution in [-0.2, 0) is 14.8 Å². The van der Waals surface area contributed by atoms with Crippen LogP contribution in [0.1, 0.15) is 28.7 Å². The van der Waals surface area contributed by atoms with Crippen LogP contribution in [0.2, 0.25) is 0 Å². The molecule has 2 N–H and O–H groups in total. The standard InChI is InChI=1S/C15H21NO5S/c1-8-5-9(2)11(4)14(10(8)3)22(20,21)16-7-12(17)6-13(16)15(18)19/h5,12-13,17H,6-7H2,1-4H3,(H,18,19)/t12-,13-/m0/s1. The average Bonchev–Trinajstić information content (AvgIpc) is 2.79. The number of nitrogens with zero attached hydrogens (tertiary/aromatic N) is 1. The maximum atomic E-state index is 13.0. The number of carboxylic acids is 1. The number of aliphatic carboxylic acids is 1. The van der Waals surface area contributed by atoms with Gasteiger partial charge in [0.15, 0.2) is 0 Å². The molecule has 0 aliphatic carbocycles. The van der Waals surface area contributed by atoms with E-state index in [2.05, 4.69) is 0 Å². The van der Waals surface area contributed by atoms with Crippen LogP contribution in [0.3, 0.4) is 0 Å². The van der Waals surface area contributed by atoms with E-state index in [0.717, 1.165) is 15.4 Å². The van der Waals surface area contributed by atoms with Gasteiger partial charge in [-0.15, -0.1) is 0 Å². The lowest BCUT2D eigenvalue weighted by molar-refractivity contribution is -0.140. The SMILES string of the molecule is Cc1cc(C)c(C)c(S(=O)(=O)N2C[C@@H](O)C[C@H]2C(=O)O)c1C. The molecule has 1 aliphatic rings. The van der Waals surface area contributed by atoms with Crippen LogP contribution in [0.15, 0.2) is 11.0 Å². The Hall–Kier alpha value is -1.44. The van der Waals surface area contributed by atoms with Crippen molar-refractivity contribution in [3.05, 3.63) is 28.3 Å². The minimum absolute atomic E-state index is 0.0859. The Bertz CT molecular complexity index is 700. The van der Waals surface area contributed by atoms with Gasteiger partial charge in [-0.25, -0.2) is 8.42 Å². The summed E-state index contributed by atoms with van der Waals surface area (Å²) in [4.78, 5) is 11.5. The number of hydrogen-bond donors (Lipinski definition) is 2. The zero-order valence-electron chi connectivity index (χ0n) is 13.1. The summed E-state index contributed by atoms with van der Waals surface area (Å²) in [5.41, 5.74) is 2.92. The Balaban J connectivity index is 2.63. The van der Waals surface area contributed by atoms with Crippen molar-refractivity contribution in [2.24, 2.45) is 0 Å². The number of carbonyl (C=O) groups is 1. The molecule has 1 aromatic carbocycles. The zero-order valence-corrected chi connectivity index (χ0v) is 13.9. The van der Waals surface area contributed by atoms with Crippen LogP contribution in [-0.4, -0.2) is 47.6 Å². The maximum Gasteiger partial charge on any atom is 0.322 e. The molecule has 0 unspecified atom stereocenters. The summed E-state index contributed by atoms with van der Waals surface area (Å²) >= 11 is 0. The lowest BCUT2D eigenvalue weighted by Crippen LogP contribution is -2.41. The monoisotopic (exact) mass is 327 g/mol. The molecule has 1 fully saturated rings. The summed E-state index contributed by atoms with van der Waals surface area (Å²) < 4.78 is 26.9. The van der Waals surface area contributed by atoms with Crippen molar-refractivity contribution in [2.45, 2.75) is 51.2 Å². The molecule has 1 heterocycles. The fourth-order valence-corrected chi connectivity index (χ4v) is 5.17.